The van der Waals surface area contributed by atoms with E-state index in [1.54, 1.807) is 6.07 Å². The second-order valence-corrected chi connectivity index (χ2v) is 7.64. The zero-order valence-corrected chi connectivity index (χ0v) is 13.5. The second-order valence-electron chi connectivity index (χ2n) is 4.80. The quantitative estimate of drug-likeness (QED) is 0.625. The molecule has 19 heavy (non-hydrogen) atoms. The molecular formula is C12H14INO4S. The minimum atomic E-state index is -3.60. The van der Waals surface area contributed by atoms with Gasteiger partial charge in [-0.3, -0.25) is 0 Å². The minimum absolute atomic E-state index is 0.0847. The van der Waals surface area contributed by atoms with Gasteiger partial charge in [-0.1, -0.05) is 0 Å². The fourth-order valence-electron chi connectivity index (χ4n) is 1.61. The van der Waals surface area contributed by atoms with Crippen molar-refractivity contribution in [2.75, 3.05) is 7.11 Å². The van der Waals surface area contributed by atoms with Crippen molar-refractivity contribution < 1.29 is 17.9 Å². The summed E-state index contributed by atoms with van der Waals surface area (Å²) in [4.78, 5) is 11.7. The Hall–Kier alpha value is -0.670. The lowest BCUT2D eigenvalue weighted by Crippen LogP contribution is -2.34. The zero-order chi connectivity index (χ0) is 14.3. The Morgan fingerprint density at radius 2 is 2.05 bits per heavy atom. The number of methoxy groups -OCH3 is 1. The lowest BCUT2D eigenvalue weighted by atomic mass is 10.2. The van der Waals surface area contributed by atoms with E-state index in [0.29, 0.717) is 3.57 Å². The van der Waals surface area contributed by atoms with E-state index in [-0.39, 0.29) is 16.0 Å². The Kier molecular flexibility index (Phi) is 3.90. The Morgan fingerprint density at radius 3 is 2.58 bits per heavy atom. The average molecular weight is 395 g/mol. The van der Waals surface area contributed by atoms with Crippen LogP contribution < -0.4 is 4.72 Å². The highest BCUT2D eigenvalue weighted by molar-refractivity contribution is 14.1. The molecule has 1 aliphatic rings. The first kappa shape index (κ1) is 14.7. The number of nitrogens with one attached hydrogen (secondary N) is 1. The molecule has 0 bridgehead atoms. The molecule has 1 aliphatic carbocycles. The molecule has 0 saturated heterocycles. The van der Waals surface area contributed by atoms with E-state index in [0.717, 1.165) is 12.8 Å². The van der Waals surface area contributed by atoms with Crippen LogP contribution in [0.2, 0.25) is 0 Å². The summed E-state index contributed by atoms with van der Waals surface area (Å²) in [6, 6.07) is 4.43. The summed E-state index contributed by atoms with van der Waals surface area (Å²) in [5.74, 6) is -0.543. The van der Waals surface area contributed by atoms with Crippen LogP contribution in [0.3, 0.4) is 0 Å². The number of ether oxygens (including phenoxy) is 1. The van der Waals surface area contributed by atoms with Gasteiger partial charge in [0.15, 0.2) is 0 Å². The van der Waals surface area contributed by atoms with Crippen molar-refractivity contribution in [1.29, 1.82) is 0 Å². The molecule has 0 spiro atoms. The largest absolute Gasteiger partial charge is 0.465 e. The number of rotatable bonds is 4. The normalized spacial score (nSPS) is 17.0. The second kappa shape index (κ2) is 5.02. The Labute approximate surface area is 125 Å². The molecule has 0 aliphatic heterocycles. The first-order valence-electron chi connectivity index (χ1n) is 5.69. The number of halogens is 1. The Bertz CT molecular complexity index is 623. The van der Waals surface area contributed by atoms with Gasteiger partial charge in [0.05, 0.1) is 17.6 Å². The molecular weight excluding hydrogens is 381 g/mol. The Balaban J connectivity index is 2.37. The summed E-state index contributed by atoms with van der Waals surface area (Å²) >= 11 is 1.97. The fraction of sp³-hybridized carbons (Fsp3) is 0.417. The third kappa shape index (κ3) is 3.26. The molecule has 1 aromatic carbocycles. The predicted octanol–water partition coefficient (Wildman–Crippen LogP) is 1.91. The maximum absolute atomic E-state index is 12.2. The molecule has 0 heterocycles. The van der Waals surface area contributed by atoms with Crippen LogP contribution in [0.15, 0.2) is 23.1 Å². The van der Waals surface area contributed by atoms with Gasteiger partial charge in [0.1, 0.15) is 0 Å². The lowest BCUT2D eigenvalue weighted by molar-refractivity contribution is 0.0599. The topological polar surface area (TPSA) is 72.5 Å². The van der Waals surface area contributed by atoms with E-state index in [2.05, 4.69) is 9.46 Å². The van der Waals surface area contributed by atoms with Gasteiger partial charge in [-0.2, -0.15) is 0 Å². The van der Waals surface area contributed by atoms with Crippen molar-refractivity contribution in [3.63, 3.8) is 0 Å². The van der Waals surface area contributed by atoms with Crippen LogP contribution >= 0.6 is 22.6 Å². The number of hydrogen-bond donors (Lipinski definition) is 1. The molecule has 1 saturated carbocycles. The minimum Gasteiger partial charge on any atom is -0.465 e. The smallest absolute Gasteiger partial charge is 0.338 e. The molecule has 1 fully saturated rings. The van der Waals surface area contributed by atoms with Gasteiger partial charge in [0, 0.05) is 9.11 Å². The van der Waals surface area contributed by atoms with Crippen LogP contribution in [0.1, 0.15) is 30.1 Å². The summed E-state index contributed by atoms with van der Waals surface area (Å²) in [6.45, 7) is 1.86. The standard InChI is InChI=1S/C12H14INO4S/c1-12(5-6-12)14-19(16,17)8-3-4-10(13)9(7-8)11(15)18-2/h3-4,7,14H,5-6H2,1-2H3. The Morgan fingerprint density at radius 1 is 1.42 bits per heavy atom. The zero-order valence-electron chi connectivity index (χ0n) is 10.6. The number of benzene rings is 1. The van der Waals surface area contributed by atoms with Gasteiger partial charge in [-0.15, -0.1) is 0 Å². The van der Waals surface area contributed by atoms with Crippen LogP contribution in [0.4, 0.5) is 0 Å². The van der Waals surface area contributed by atoms with E-state index in [1.165, 1.54) is 19.2 Å². The molecule has 5 nitrogen and oxygen atoms in total. The molecule has 104 valence electrons. The summed E-state index contributed by atoms with van der Waals surface area (Å²) in [5, 5.41) is 0. The molecule has 7 heteroatoms. The number of carbonyl (C=O) groups is 1. The van der Waals surface area contributed by atoms with Crippen molar-refractivity contribution in [1.82, 2.24) is 4.72 Å². The van der Waals surface area contributed by atoms with E-state index in [9.17, 15) is 13.2 Å². The first-order valence-corrected chi connectivity index (χ1v) is 8.25. The van der Waals surface area contributed by atoms with Gasteiger partial charge in [0.25, 0.3) is 0 Å². The number of hydrogen-bond acceptors (Lipinski definition) is 4. The molecule has 1 aromatic rings. The third-order valence-corrected chi connectivity index (χ3v) is 5.61. The number of sulfonamides is 1. The third-order valence-electron chi connectivity index (χ3n) is 3.03. The van der Waals surface area contributed by atoms with Crippen molar-refractivity contribution in [3.05, 3.63) is 27.3 Å². The van der Waals surface area contributed by atoms with E-state index in [4.69, 9.17) is 0 Å². The highest BCUT2D eigenvalue weighted by Crippen LogP contribution is 2.36. The maximum Gasteiger partial charge on any atom is 0.338 e. The van der Waals surface area contributed by atoms with Gasteiger partial charge in [0.2, 0.25) is 10.0 Å². The van der Waals surface area contributed by atoms with Crippen molar-refractivity contribution in [2.45, 2.75) is 30.2 Å². The highest BCUT2D eigenvalue weighted by atomic mass is 127. The van der Waals surface area contributed by atoms with Gasteiger partial charge in [-0.25, -0.2) is 17.9 Å². The van der Waals surface area contributed by atoms with E-state index in [1.807, 2.05) is 29.5 Å². The summed E-state index contributed by atoms with van der Waals surface area (Å²) in [6.07, 6.45) is 1.67. The maximum atomic E-state index is 12.2. The van der Waals surface area contributed by atoms with Gasteiger partial charge >= 0.3 is 5.97 Å². The van der Waals surface area contributed by atoms with Crippen molar-refractivity contribution >= 4 is 38.6 Å². The summed E-state index contributed by atoms with van der Waals surface area (Å²) < 4.78 is 32.3. The highest BCUT2D eigenvalue weighted by Gasteiger charge is 2.41. The van der Waals surface area contributed by atoms with E-state index >= 15 is 0 Å². The van der Waals surface area contributed by atoms with Gasteiger partial charge in [-0.05, 0) is 60.6 Å². The number of esters is 1. The molecule has 0 amide bonds. The molecule has 2 rings (SSSR count). The molecule has 0 unspecified atom stereocenters. The SMILES string of the molecule is COC(=O)c1cc(S(=O)(=O)NC2(C)CC2)ccc1I. The van der Waals surface area contributed by atoms with Crippen LogP contribution in [0.5, 0.6) is 0 Å². The number of carbonyl (C=O) groups excluding carboxylic acids is 1. The van der Waals surface area contributed by atoms with Gasteiger partial charge < -0.3 is 4.74 Å². The lowest BCUT2D eigenvalue weighted by Gasteiger charge is -2.13. The first-order chi connectivity index (χ1) is 8.77. The van der Waals surface area contributed by atoms with E-state index < -0.39 is 16.0 Å². The summed E-state index contributed by atoms with van der Waals surface area (Å²) in [5.41, 5.74) is -0.0836. The van der Waals surface area contributed by atoms with Crippen LogP contribution in [-0.2, 0) is 14.8 Å². The van der Waals surface area contributed by atoms with Crippen molar-refractivity contribution in [3.8, 4) is 0 Å². The van der Waals surface area contributed by atoms with Crippen molar-refractivity contribution in [2.24, 2.45) is 0 Å². The predicted molar refractivity (Wildman–Crippen MR) is 78.5 cm³/mol. The van der Waals surface area contributed by atoms with Crippen LogP contribution in [-0.4, -0.2) is 27.0 Å². The van der Waals surface area contributed by atoms with Crippen LogP contribution in [0.25, 0.3) is 0 Å². The monoisotopic (exact) mass is 395 g/mol. The molecule has 0 atom stereocenters. The molecule has 0 radical (unpaired) electrons. The molecule has 0 aromatic heterocycles. The fourth-order valence-corrected chi connectivity index (χ4v) is 3.66. The summed E-state index contributed by atoms with van der Waals surface area (Å²) in [7, 11) is -2.33. The molecule has 1 N–H and O–H groups in total. The van der Waals surface area contributed by atoms with Crippen LogP contribution in [0, 0.1) is 3.57 Å². The average Bonchev–Trinajstić information content (AvgIpc) is 3.05.